The highest BCUT2D eigenvalue weighted by Gasteiger charge is 2.44. The molecule has 2 atom stereocenters. The summed E-state index contributed by atoms with van der Waals surface area (Å²) in [6.45, 7) is 2.76. The van der Waals surface area contributed by atoms with Gasteiger partial charge >= 0.3 is 0 Å². The molecule has 0 radical (unpaired) electrons. The molecule has 2 unspecified atom stereocenters. The molecule has 2 saturated carbocycles. The third-order valence-electron chi connectivity index (χ3n) is 4.49. The highest BCUT2D eigenvalue weighted by molar-refractivity contribution is 7.12. The van der Waals surface area contributed by atoms with Crippen LogP contribution in [0.3, 0.4) is 0 Å². The molecule has 2 aliphatic carbocycles. The second-order valence-electron chi connectivity index (χ2n) is 6.32. The van der Waals surface area contributed by atoms with E-state index in [4.69, 9.17) is 0 Å². The van der Waals surface area contributed by atoms with Crippen LogP contribution in [-0.2, 0) is 11.2 Å². The Hall–Kier alpha value is -1.69. The van der Waals surface area contributed by atoms with E-state index in [2.05, 4.69) is 39.1 Å². The van der Waals surface area contributed by atoms with E-state index in [1.54, 1.807) is 0 Å². The maximum Gasteiger partial charge on any atom is 0.223 e. The molecule has 1 N–H and O–H groups in total. The minimum atomic E-state index is 0.166. The number of aryl methyl sites for hydroxylation is 1. The van der Waals surface area contributed by atoms with Gasteiger partial charge in [-0.25, -0.2) is 0 Å². The van der Waals surface area contributed by atoms with Crippen molar-refractivity contribution in [2.45, 2.75) is 44.6 Å². The van der Waals surface area contributed by atoms with E-state index in [1.807, 2.05) is 17.7 Å². The quantitative estimate of drug-likeness (QED) is 0.890. The molecule has 4 rings (SSSR count). The predicted octanol–water partition coefficient (Wildman–Crippen LogP) is 2.45. The molecular formula is C16H20N4OS. The smallest absolute Gasteiger partial charge is 0.223 e. The zero-order valence-corrected chi connectivity index (χ0v) is 13.5. The van der Waals surface area contributed by atoms with Crippen LogP contribution in [0.15, 0.2) is 18.5 Å². The van der Waals surface area contributed by atoms with Crippen molar-refractivity contribution in [1.82, 2.24) is 20.1 Å². The maximum atomic E-state index is 12.2. The second-order valence-corrected chi connectivity index (χ2v) is 7.64. The third kappa shape index (κ3) is 2.79. The molecular weight excluding hydrogens is 296 g/mol. The van der Waals surface area contributed by atoms with Crippen LogP contribution in [0, 0.1) is 12.8 Å². The van der Waals surface area contributed by atoms with Crippen LogP contribution in [0.4, 0.5) is 0 Å². The number of carbonyl (C=O) groups excluding carboxylic acids is 1. The number of amides is 1. The lowest BCUT2D eigenvalue weighted by Crippen LogP contribution is -2.28. The van der Waals surface area contributed by atoms with Gasteiger partial charge < -0.3 is 9.88 Å². The molecule has 6 heteroatoms. The van der Waals surface area contributed by atoms with Gasteiger partial charge in [-0.2, -0.15) is 0 Å². The summed E-state index contributed by atoms with van der Waals surface area (Å²) in [5.74, 6) is 1.78. The minimum Gasteiger partial charge on any atom is -0.355 e. The predicted molar refractivity (Wildman–Crippen MR) is 84.9 cm³/mol. The zero-order valence-electron chi connectivity index (χ0n) is 12.7. The van der Waals surface area contributed by atoms with E-state index in [0.717, 1.165) is 18.7 Å². The Morgan fingerprint density at radius 3 is 3.05 bits per heavy atom. The third-order valence-corrected chi connectivity index (χ3v) is 5.62. The van der Waals surface area contributed by atoms with E-state index in [-0.39, 0.29) is 11.8 Å². The normalized spacial score (nSPS) is 23.5. The second kappa shape index (κ2) is 5.50. The van der Waals surface area contributed by atoms with Crippen LogP contribution in [0.25, 0.3) is 0 Å². The molecule has 0 aliphatic heterocycles. The topological polar surface area (TPSA) is 59.8 Å². The Labute approximate surface area is 133 Å². The highest BCUT2D eigenvalue weighted by Crippen LogP contribution is 2.49. The lowest BCUT2D eigenvalue weighted by molar-refractivity contribution is -0.122. The van der Waals surface area contributed by atoms with E-state index < -0.39 is 0 Å². The molecule has 2 heterocycles. The number of nitrogens with zero attached hydrogens (tertiary/aromatic N) is 3. The fourth-order valence-electron chi connectivity index (χ4n) is 2.98. The molecule has 2 aromatic rings. The first kappa shape index (κ1) is 13.9. The van der Waals surface area contributed by atoms with Crippen LogP contribution >= 0.6 is 11.3 Å². The number of rotatable bonds is 6. The van der Waals surface area contributed by atoms with Gasteiger partial charge in [-0.15, -0.1) is 21.5 Å². The Morgan fingerprint density at radius 1 is 1.45 bits per heavy atom. The Morgan fingerprint density at radius 2 is 2.32 bits per heavy atom. The van der Waals surface area contributed by atoms with Gasteiger partial charge in [-0.3, -0.25) is 4.79 Å². The zero-order chi connectivity index (χ0) is 15.1. The van der Waals surface area contributed by atoms with Gasteiger partial charge in [-0.05, 0) is 38.3 Å². The first-order valence-corrected chi connectivity index (χ1v) is 8.76. The Balaban J connectivity index is 1.26. The summed E-state index contributed by atoms with van der Waals surface area (Å²) in [7, 11) is 0. The average molecular weight is 316 g/mol. The molecule has 0 spiro atoms. The van der Waals surface area contributed by atoms with Crippen molar-refractivity contribution in [3.8, 4) is 0 Å². The van der Waals surface area contributed by atoms with Crippen LogP contribution in [-0.4, -0.2) is 27.2 Å². The minimum absolute atomic E-state index is 0.166. The van der Waals surface area contributed by atoms with E-state index in [1.165, 1.54) is 22.6 Å². The van der Waals surface area contributed by atoms with Crippen molar-refractivity contribution in [3.63, 3.8) is 0 Å². The van der Waals surface area contributed by atoms with Crippen LogP contribution < -0.4 is 5.32 Å². The van der Waals surface area contributed by atoms with Crippen molar-refractivity contribution in [3.05, 3.63) is 34.0 Å². The highest BCUT2D eigenvalue weighted by atomic mass is 32.1. The first-order chi connectivity index (χ1) is 10.7. The first-order valence-electron chi connectivity index (χ1n) is 7.95. The maximum absolute atomic E-state index is 12.2. The number of thiophene rings is 1. The van der Waals surface area contributed by atoms with Gasteiger partial charge in [0.25, 0.3) is 0 Å². The molecule has 2 aromatic heterocycles. The average Bonchev–Trinajstić information content (AvgIpc) is 3.42. The fraction of sp³-hybridized carbons (Fsp3) is 0.562. The van der Waals surface area contributed by atoms with E-state index >= 15 is 0 Å². The molecule has 5 nitrogen and oxygen atoms in total. The van der Waals surface area contributed by atoms with Crippen LogP contribution in [0.5, 0.6) is 0 Å². The summed E-state index contributed by atoms with van der Waals surface area (Å²) in [6.07, 6.45) is 6.01. The molecule has 2 aliphatic rings. The van der Waals surface area contributed by atoms with Gasteiger partial charge in [0.2, 0.25) is 5.91 Å². The fourth-order valence-corrected chi connectivity index (χ4v) is 4.04. The Bertz CT molecular complexity index is 688. The van der Waals surface area contributed by atoms with E-state index in [0.29, 0.717) is 18.5 Å². The van der Waals surface area contributed by atoms with Gasteiger partial charge in [0.05, 0.1) is 0 Å². The summed E-state index contributed by atoms with van der Waals surface area (Å²) < 4.78 is 2.15. The molecule has 22 heavy (non-hydrogen) atoms. The summed E-state index contributed by atoms with van der Waals surface area (Å²) in [6, 6.07) is 4.89. The molecule has 116 valence electrons. The van der Waals surface area contributed by atoms with Crippen molar-refractivity contribution in [1.29, 1.82) is 0 Å². The van der Waals surface area contributed by atoms with Crippen molar-refractivity contribution in [2.24, 2.45) is 5.92 Å². The Kier molecular flexibility index (Phi) is 3.48. The molecule has 2 fully saturated rings. The summed E-state index contributed by atoms with van der Waals surface area (Å²) >= 11 is 1.81. The van der Waals surface area contributed by atoms with Gasteiger partial charge in [0, 0.05) is 40.6 Å². The number of nitrogens with one attached hydrogen (secondary N) is 1. The lowest BCUT2D eigenvalue weighted by Gasteiger charge is -2.06. The number of hydrogen-bond acceptors (Lipinski definition) is 4. The summed E-state index contributed by atoms with van der Waals surface area (Å²) in [5, 5.41) is 11.2. The van der Waals surface area contributed by atoms with Crippen LogP contribution in [0.1, 0.15) is 46.8 Å². The summed E-state index contributed by atoms with van der Waals surface area (Å²) in [4.78, 5) is 14.9. The monoisotopic (exact) mass is 316 g/mol. The molecule has 0 aromatic carbocycles. The molecule has 0 bridgehead atoms. The van der Waals surface area contributed by atoms with E-state index in [9.17, 15) is 4.79 Å². The van der Waals surface area contributed by atoms with Crippen molar-refractivity contribution < 1.29 is 4.79 Å². The SMILES string of the molecule is Cc1ccc(C2CC2C(=O)NCCc2nncn2C2CC2)s1. The molecule has 1 amide bonds. The van der Waals surface area contributed by atoms with Crippen molar-refractivity contribution >= 4 is 17.2 Å². The van der Waals surface area contributed by atoms with Crippen molar-refractivity contribution in [2.75, 3.05) is 6.54 Å². The van der Waals surface area contributed by atoms with Gasteiger partial charge in [-0.1, -0.05) is 0 Å². The standard InChI is InChI=1S/C16H20N4OS/c1-10-2-5-14(22-10)12-8-13(12)16(21)17-7-6-15-19-18-9-20(15)11-3-4-11/h2,5,9,11-13H,3-4,6-8H2,1H3,(H,17,21). The molecule has 0 saturated heterocycles. The van der Waals surface area contributed by atoms with Gasteiger partial charge in [0.1, 0.15) is 12.2 Å². The number of hydrogen-bond donors (Lipinski definition) is 1. The van der Waals surface area contributed by atoms with Gasteiger partial charge in [0.15, 0.2) is 0 Å². The number of aromatic nitrogens is 3. The van der Waals surface area contributed by atoms with Crippen LogP contribution in [0.2, 0.25) is 0 Å². The lowest BCUT2D eigenvalue weighted by atomic mass is 10.2. The summed E-state index contributed by atoms with van der Waals surface area (Å²) in [5.41, 5.74) is 0. The largest absolute Gasteiger partial charge is 0.355 e. The number of carbonyl (C=O) groups is 1.